The zero-order valence-corrected chi connectivity index (χ0v) is 13.6. The van der Waals surface area contributed by atoms with Crippen LogP contribution >= 0.6 is 0 Å². The first-order valence-corrected chi connectivity index (χ1v) is 8.14. The fourth-order valence-corrected chi connectivity index (χ4v) is 4.97. The number of rotatable bonds is 2. The van der Waals surface area contributed by atoms with Crippen LogP contribution < -0.4 is 5.73 Å². The molecule has 0 aromatic heterocycles. The van der Waals surface area contributed by atoms with E-state index in [1.807, 2.05) is 0 Å². The fraction of sp³-hybridized carbons (Fsp3) is 1.00. The molecule has 20 heavy (non-hydrogen) atoms. The zero-order chi connectivity index (χ0) is 14.6. The van der Waals surface area contributed by atoms with Crippen LogP contribution in [0.25, 0.3) is 0 Å². The van der Waals surface area contributed by atoms with Gasteiger partial charge in [-0.05, 0) is 59.5 Å². The second-order valence-corrected chi connectivity index (χ2v) is 8.34. The molecule has 1 atom stereocenters. The first-order valence-electron chi connectivity index (χ1n) is 8.14. The van der Waals surface area contributed by atoms with Gasteiger partial charge in [0.2, 0.25) is 0 Å². The van der Waals surface area contributed by atoms with Crippen LogP contribution in [0.5, 0.6) is 0 Å². The number of nitrogens with two attached hydrogens (primary N) is 1. The summed E-state index contributed by atoms with van der Waals surface area (Å²) in [5.41, 5.74) is 6.32. The van der Waals surface area contributed by atoms with E-state index in [-0.39, 0.29) is 16.7 Å². The van der Waals surface area contributed by atoms with E-state index in [4.69, 9.17) is 10.5 Å². The summed E-state index contributed by atoms with van der Waals surface area (Å²) in [7, 11) is 0. The van der Waals surface area contributed by atoms with Crippen molar-refractivity contribution < 1.29 is 4.74 Å². The van der Waals surface area contributed by atoms with Crippen molar-refractivity contribution in [3.05, 3.63) is 0 Å². The molecule has 1 unspecified atom stereocenters. The van der Waals surface area contributed by atoms with Gasteiger partial charge in [0.25, 0.3) is 0 Å². The van der Waals surface area contributed by atoms with E-state index in [0.717, 1.165) is 32.1 Å². The van der Waals surface area contributed by atoms with Gasteiger partial charge in [0, 0.05) is 31.7 Å². The third-order valence-electron chi connectivity index (χ3n) is 5.52. The average molecular weight is 281 g/mol. The van der Waals surface area contributed by atoms with Crippen LogP contribution in [0.2, 0.25) is 0 Å². The maximum atomic E-state index is 6.32. The summed E-state index contributed by atoms with van der Waals surface area (Å²) in [5.74, 6) is 0.766. The number of nitrogens with zero attached hydrogens (tertiary/aromatic N) is 2. The molecule has 0 spiro atoms. The number of hydrogen-bond donors (Lipinski definition) is 1. The van der Waals surface area contributed by atoms with Crippen LogP contribution in [-0.2, 0) is 4.74 Å². The third-order valence-corrected chi connectivity index (χ3v) is 5.52. The molecule has 4 heterocycles. The molecular weight excluding hydrogens is 250 g/mol. The average Bonchev–Trinajstić information content (AvgIpc) is 2.36. The minimum absolute atomic E-state index is 0.0874. The van der Waals surface area contributed by atoms with Crippen LogP contribution in [-0.4, -0.2) is 65.8 Å². The maximum absolute atomic E-state index is 6.32. The largest absolute Gasteiger partial charge is 0.367 e. The van der Waals surface area contributed by atoms with Crippen molar-refractivity contribution >= 4 is 0 Å². The highest BCUT2D eigenvalue weighted by molar-refractivity contribution is 5.09. The molecule has 4 saturated heterocycles. The standard InChI is InChI=1S/C16H31N3O/c1-14(2)10-19(11-15(3,4)20-14)16(9-17)12-18-7-5-13(16)6-8-18/h13H,5-12,17H2,1-4H3. The lowest BCUT2D eigenvalue weighted by molar-refractivity contribution is -0.215. The van der Waals surface area contributed by atoms with Gasteiger partial charge in [-0.1, -0.05) is 0 Å². The van der Waals surface area contributed by atoms with Gasteiger partial charge in [0.1, 0.15) is 0 Å². The SMILES string of the molecule is CC1(C)CN(C2(CN)CN3CCC2CC3)CC(C)(C)O1. The Balaban J connectivity index is 1.89. The quantitative estimate of drug-likeness (QED) is 0.828. The van der Waals surface area contributed by atoms with Crippen LogP contribution in [0.3, 0.4) is 0 Å². The fourth-order valence-electron chi connectivity index (χ4n) is 4.97. The summed E-state index contributed by atoms with van der Waals surface area (Å²) in [5, 5.41) is 0. The molecule has 2 bridgehead atoms. The molecule has 116 valence electrons. The van der Waals surface area contributed by atoms with E-state index in [0.29, 0.717) is 0 Å². The smallest absolute Gasteiger partial charge is 0.0761 e. The van der Waals surface area contributed by atoms with Crippen molar-refractivity contribution in [2.24, 2.45) is 11.7 Å². The summed E-state index contributed by atoms with van der Waals surface area (Å²) < 4.78 is 6.26. The van der Waals surface area contributed by atoms with Crippen LogP contribution in [0, 0.1) is 5.92 Å². The van der Waals surface area contributed by atoms with Gasteiger partial charge in [0.05, 0.1) is 11.2 Å². The molecule has 4 rings (SSSR count). The Kier molecular flexibility index (Phi) is 3.45. The number of morpholine rings is 1. The van der Waals surface area contributed by atoms with E-state index < -0.39 is 0 Å². The Bertz CT molecular complexity index is 358. The molecule has 0 radical (unpaired) electrons. The van der Waals surface area contributed by atoms with Crippen LogP contribution in [0.4, 0.5) is 0 Å². The number of hydrogen-bond acceptors (Lipinski definition) is 4. The Labute approximate surface area is 123 Å². The predicted octanol–water partition coefficient (Wildman–Crippen LogP) is 1.30. The molecule has 4 nitrogen and oxygen atoms in total. The lowest BCUT2D eigenvalue weighted by Crippen LogP contribution is -2.74. The van der Waals surface area contributed by atoms with Crippen molar-refractivity contribution in [3.8, 4) is 0 Å². The second kappa shape index (κ2) is 4.67. The van der Waals surface area contributed by atoms with Gasteiger partial charge >= 0.3 is 0 Å². The Morgan fingerprint density at radius 3 is 1.95 bits per heavy atom. The monoisotopic (exact) mass is 281 g/mol. The topological polar surface area (TPSA) is 41.7 Å². The van der Waals surface area contributed by atoms with E-state index in [1.54, 1.807) is 0 Å². The second-order valence-electron chi connectivity index (χ2n) is 8.34. The summed E-state index contributed by atoms with van der Waals surface area (Å²) >= 11 is 0. The zero-order valence-electron chi connectivity index (χ0n) is 13.6. The molecule has 0 aliphatic carbocycles. The Hall–Kier alpha value is -0.160. The highest BCUT2D eigenvalue weighted by atomic mass is 16.5. The molecule has 4 aliphatic heterocycles. The molecule has 0 aromatic rings. The van der Waals surface area contributed by atoms with Gasteiger partial charge in [-0.15, -0.1) is 0 Å². The first-order chi connectivity index (χ1) is 9.26. The maximum Gasteiger partial charge on any atom is 0.0761 e. The number of fused-ring (bicyclic) bond motifs is 3. The van der Waals surface area contributed by atoms with Crippen LogP contribution in [0.1, 0.15) is 40.5 Å². The molecule has 0 aromatic carbocycles. The molecule has 4 heteroatoms. The molecule has 0 amide bonds. The molecule has 2 N–H and O–H groups in total. The normalized spacial score (nSPS) is 43.6. The summed E-state index contributed by atoms with van der Waals surface area (Å²) in [6, 6.07) is 0. The van der Waals surface area contributed by atoms with Gasteiger partial charge < -0.3 is 15.4 Å². The summed E-state index contributed by atoms with van der Waals surface area (Å²) in [6.45, 7) is 15.3. The van der Waals surface area contributed by atoms with Gasteiger partial charge in [-0.2, -0.15) is 0 Å². The highest BCUT2D eigenvalue weighted by Crippen LogP contribution is 2.42. The molecule has 0 saturated carbocycles. The predicted molar refractivity (Wildman–Crippen MR) is 81.8 cm³/mol. The highest BCUT2D eigenvalue weighted by Gasteiger charge is 2.53. The minimum Gasteiger partial charge on any atom is -0.367 e. The molecule has 4 fully saturated rings. The number of piperidine rings is 3. The van der Waals surface area contributed by atoms with Crippen molar-refractivity contribution in [1.29, 1.82) is 0 Å². The van der Waals surface area contributed by atoms with Gasteiger partial charge in [-0.3, -0.25) is 4.90 Å². The van der Waals surface area contributed by atoms with Gasteiger partial charge in [-0.25, -0.2) is 0 Å². The van der Waals surface area contributed by atoms with Crippen molar-refractivity contribution in [3.63, 3.8) is 0 Å². The Morgan fingerprint density at radius 1 is 1.00 bits per heavy atom. The Morgan fingerprint density at radius 2 is 1.55 bits per heavy atom. The van der Waals surface area contributed by atoms with Crippen molar-refractivity contribution in [1.82, 2.24) is 9.80 Å². The van der Waals surface area contributed by atoms with Crippen molar-refractivity contribution in [2.45, 2.75) is 57.3 Å². The van der Waals surface area contributed by atoms with E-state index in [2.05, 4.69) is 37.5 Å². The van der Waals surface area contributed by atoms with Crippen molar-refractivity contribution in [2.75, 3.05) is 39.3 Å². The third kappa shape index (κ3) is 2.41. The minimum atomic E-state index is -0.0874. The molecular formula is C16H31N3O. The lowest BCUT2D eigenvalue weighted by atomic mass is 9.70. The lowest BCUT2D eigenvalue weighted by Gasteiger charge is -2.62. The first kappa shape index (κ1) is 14.8. The summed E-state index contributed by atoms with van der Waals surface area (Å²) in [6.07, 6.45) is 2.63. The van der Waals surface area contributed by atoms with Crippen LogP contribution in [0.15, 0.2) is 0 Å². The van der Waals surface area contributed by atoms with E-state index in [1.165, 1.54) is 25.9 Å². The molecule has 4 aliphatic rings. The number of ether oxygens (including phenoxy) is 1. The van der Waals surface area contributed by atoms with Gasteiger partial charge in [0.15, 0.2) is 0 Å². The van der Waals surface area contributed by atoms with E-state index >= 15 is 0 Å². The van der Waals surface area contributed by atoms with E-state index in [9.17, 15) is 0 Å². The summed E-state index contributed by atoms with van der Waals surface area (Å²) in [4.78, 5) is 5.29.